The van der Waals surface area contributed by atoms with Gasteiger partial charge in [-0.15, -0.1) is 0 Å². The lowest BCUT2D eigenvalue weighted by Gasteiger charge is -2.35. The molecule has 0 unspecified atom stereocenters. The minimum absolute atomic E-state index is 0.0341. The Labute approximate surface area is 191 Å². The van der Waals surface area contributed by atoms with E-state index in [0.717, 1.165) is 50.4 Å². The van der Waals surface area contributed by atoms with Crippen molar-refractivity contribution in [3.8, 4) is 11.5 Å². The van der Waals surface area contributed by atoms with E-state index in [4.69, 9.17) is 14.2 Å². The Hall–Kier alpha value is -2.82. The van der Waals surface area contributed by atoms with Crippen molar-refractivity contribution in [2.45, 2.75) is 31.5 Å². The third-order valence-electron chi connectivity index (χ3n) is 6.16. The van der Waals surface area contributed by atoms with Gasteiger partial charge in [-0.1, -0.05) is 66.7 Å². The van der Waals surface area contributed by atoms with E-state index in [0.29, 0.717) is 0 Å². The highest BCUT2D eigenvalue weighted by Crippen LogP contribution is 2.30. The van der Waals surface area contributed by atoms with E-state index in [2.05, 4.69) is 77.7 Å². The lowest BCUT2D eigenvalue weighted by atomic mass is 10.00. The number of hydrogen-bond donors (Lipinski definition) is 0. The lowest BCUT2D eigenvalue weighted by Crippen LogP contribution is -2.41. The molecular weight excluding hydrogens is 398 g/mol. The molecule has 168 valence electrons. The van der Waals surface area contributed by atoms with Gasteiger partial charge in [0.15, 0.2) is 11.5 Å². The SMILES string of the molecule is COc1ccc(CCN2CCC[C@@H](OC(c3ccccc3)c3ccccc3)C2)cc1OC. The quantitative estimate of drug-likeness (QED) is 0.447. The molecule has 0 N–H and O–H groups in total. The number of benzene rings is 3. The van der Waals surface area contributed by atoms with Crippen molar-refractivity contribution in [1.82, 2.24) is 4.90 Å². The van der Waals surface area contributed by atoms with Crippen molar-refractivity contribution in [1.29, 1.82) is 0 Å². The lowest BCUT2D eigenvalue weighted by molar-refractivity contribution is -0.0330. The summed E-state index contributed by atoms with van der Waals surface area (Å²) < 4.78 is 17.5. The van der Waals surface area contributed by atoms with Crippen LogP contribution in [0.3, 0.4) is 0 Å². The first-order valence-electron chi connectivity index (χ1n) is 11.5. The summed E-state index contributed by atoms with van der Waals surface area (Å²) in [7, 11) is 3.35. The van der Waals surface area contributed by atoms with Gasteiger partial charge in [-0.2, -0.15) is 0 Å². The Morgan fingerprint density at radius 1 is 0.844 bits per heavy atom. The molecule has 0 spiro atoms. The molecule has 4 rings (SSSR count). The molecule has 3 aromatic rings. The summed E-state index contributed by atoms with van der Waals surface area (Å²) in [6.07, 6.45) is 3.43. The number of nitrogens with zero attached hydrogens (tertiary/aromatic N) is 1. The van der Waals surface area contributed by atoms with Crippen molar-refractivity contribution in [3.63, 3.8) is 0 Å². The Morgan fingerprint density at radius 2 is 1.50 bits per heavy atom. The summed E-state index contributed by atoms with van der Waals surface area (Å²) >= 11 is 0. The summed E-state index contributed by atoms with van der Waals surface area (Å²) in [6, 6.07) is 27.3. The number of rotatable bonds is 9. The predicted octanol–water partition coefficient (Wildman–Crippen LogP) is 5.52. The van der Waals surface area contributed by atoms with Crippen molar-refractivity contribution in [2.75, 3.05) is 33.9 Å². The van der Waals surface area contributed by atoms with Crippen LogP contribution in [0.4, 0.5) is 0 Å². The summed E-state index contributed by atoms with van der Waals surface area (Å²) in [5.41, 5.74) is 3.68. The summed E-state index contributed by atoms with van der Waals surface area (Å²) in [5.74, 6) is 1.56. The van der Waals surface area contributed by atoms with E-state index in [1.165, 1.54) is 16.7 Å². The van der Waals surface area contributed by atoms with Crippen LogP contribution in [0.1, 0.15) is 35.6 Å². The molecule has 1 atom stereocenters. The number of ether oxygens (including phenoxy) is 3. The smallest absolute Gasteiger partial charge is 0.160 e. The van der Waals surface area contributed by atoms with Crippen molar-refractivity contribution in [2.24, 2.45) is 0 Å². The van der Waals surface area contributed by atoms with Gasteiger partial charge in [0, 0.05) is 13.1 Å². The molecule has 4 heteroatoms. The Balaban J connectivity index is 1.40. The topological polar surface area (TPSA) is 30.9 Å². The highest BCUT2D eigenvalue weighted by Gasteiger charge is 2.25. The molecule has 1 saturated heterocycles. The third kappa shape index (κ3) is 5.70. The molecular formula is C28H33NO3. The molecule has 0 radical (unpaired) electrons. The van der Waals surface area contributed by atoms with Crippen LogP contribution in [-0.2, 0) is 11.2 Å². The molecule has 0 aromatic heterocycles. The van der Waals surface area contributed by atoms with Crippen LogP contribution in [0.25, 0.3) is 0 Å². The largest absolute Gasteiger partial charge is 0.493 e. The van der Waals surface area contributed by atoms with Gasteiger partial charge in [0.1, 0.15) is 6.10 Å². The fraction of sp³-hybridized carbons (Fsp3) is 0.357. The number of methoxy groups -OCH3 is 2. The maximum Gasteiger partial charge on any atom is 0.160 e. The monoisotopic (exact) mass is 431 g/mol. The zero-order valence-electron chi connectivity index (χ0n) is 19.1. The summed E-state index contributed by atoms with van der Waals surface area (Å²) in [5, 5.41) is 0. The maximum absolute atomic E-state index is 6.73. The molecule has 1 aliphatic rings. The van der Waals surface area contributed by atoms with Gasteiger partial charge < -0.3 is 19.1 Å². The van der Waals surface area contributed by atoms with Gasteiger partial charge in [-0.25, -0.2) is 0 Å². The highest BCUT2D eigenvalue weighted by atomic mass is 16.5. The van der Waals surface area contributed by atoms with Crippen LogP contribution < -0.4 is 9.47 Å². The average molecular weight is 432 g/mol. The standard InChI is InChI=1S/C28H33NO3/c1-30-26-16-15-22(20-27(26)31-2)17-19-29-18-9-14-25(21-29)32-28(23-10-5-3-6-11-23)24-12-7-4-8-13-24/h3-8,10-13,15-16,20,25,28H,9,14,17-19,21H2,1-2H3/t25-/m1/s1. The third-order valence-corrected chi connectivity index (χ3v) is 6.16. The molecule has 0 saturated carbocycles. The molecule has 0 aliphatic carbocycles. The van der Waals surface area contributed by atoms with Crippen LogP contribution in [0.2, 0.25) is 0 Å². The summed E-state index contributed by atoms with van der Waals surface area (Å²) in [6.45, 7) is 3.09. The van der Waals surface area contributed by atoms with Crippen molar-refractivity contribution in [3.05, 3.63) is 95.6 Å². The zero-order chi connectivity index (χ0) is 22.2. The van der Waals surface area contributed by atoms with Gasteiger partial charge in [0.05, 0.1) is 20.3 Å². The van der Waals surface area contributed by atoms with E-state index >= 15 is 0 Å². The van der Waals surface area contributed by atoms with Crippen LogP contribution in [0.15, 0.2) is 78.9 Å². The molecule has 4 nitrogen and oxygen atoms in total. The van der Waals surface area contributed by atoms with Gasteiger partial charge in [-0.3, -0.25) is 0 Å². The van der Waals surface area contributed by atoms with E-state index < -0.39 is 0 Å². The van der Waals surface area contributed by atoms with E-state index in [1.807, 2.05) is 6.07 Å². The first-order valence-corrected chi connectivity index (χ1v) is 11.5. The minimum atomic E-state index is -0.0341. The van der Waals surface area contributed by atoms with Crippen LogP contribution in [0.5, 0.6) is 11.5 Å². The average Bonchev–Trinajstić information content (AvgIpc) is 2.87. The molecule has 1 heterocycles. The predicted molar refractivity (Wildman–Crippen MR) is 129 cm³/mol. The minimum Gasteiger partial charge on any atom is -0.493 e. The van der Waals surface area contributed by atoms with Crippen molar-refractivity contribution >= 4 is 0 Å². The maximum atomic E-state index is 6.73. The molecule has 0 bridgehead atoms. The normalized spacial score (nSPS) is 16.8. The van der Waals surface area contributed by atoms with Gasteiger partial charge in [-0.05, 0) is 54.6 Å². The Bertz CT molecular complexity index is 921. The summed E-state index contributed by atoms with van der Waals surface area (Å²) in [4.78, 5) is 2.53. The number of likely N-dealkylation sites (tertiary alicyclic amines) is 1. The van der Waals surface area contributed by atoms with Gasteiger partial charge >= 0.3 is 0 Å². The fourth-order valence-corrected chi connectivity index (χ4v) is 4.45. The second kappa shape index (κ2) is 11.2. The zero-order valence-corrected chi connectivity index (χ0v) is 19.1. The molecule has 1 fully saturated rings. The second-order valence-corrected chi connectivity index (χ2v) is 8.34. The van der Waals surface area contributed by atoms with E-state index in [1.54, 1.807) is 14.2 Å². The molecule has 0 amide bonds. The Kier molecular flexibility index (Phi) is 7.81. The Morgan fingerprint density at radius 3 is 2.12 bits per heavy atom. The highest BCUT2D eigenvalue weighted by molar-refractivity contribution is 5.43. The second-order valence-electron chi connectivity index (χ2n) is 8.34. The number of piperidine rings is 1. The molecule has 3 aromatic carbocycles. The molecule has 32 heavy (non-hydrogen) atoms. The molecule has 1 aliphatic heterocycles. The first-order chi connectivity index (χ1) is 15.8. The van der Waals surface area contributed by atoms with E-state index in [-0.39, 0.29) is 12.2 Å². The van der Waals surface area contributed by atoms with Crippen LogP contribution in [0, 0.1) is 0 Å². The van der Waals surface area contributed by atoms with Crippen molar-refractivity contribution < 1.29 is 14.2 Å². The van der Waals surface area contributed by atoms with Gasteiger partial charge in [0.2, 0.25) is 0 Å². The fourth-order valence-electron chi connectivity index (χ4n) is 4.45. The first kappa shape index (κ1) is 22.4. The van der Waals surface area contributed by atoms with E-state index in [9.17, 15) is 0 Å². The van der Waals surface area contributed by atoms with Crippen LogP contribution in [-0.4, -0.2) is 44.9 Å². The van der Waals surface area contributed by atoms with Gasteiger partial charge in [0.25, 0.3) is 0 Å². The number of hydrogen-bond acceptors (Lipinski definition) is 4. The van der Waals surface area contributed by atoms with Crippen LogP contribution >= 0.6 is 0 Å².